The van der Waals surface area contributed by atoms with Gasteiger partial charge in [0.05, 0.1) is 23.2 Å². The predicted octanol–water partition coefficient (Wildman–Crippen LogP) is 2.80. The molecule has 1 aromatic rings. The van der Waals surface area contributed by atoms with Crippen molar-refractivity contribution in [2.75, 3.05) is 6.54 Å². The van der Waals surface area contributed by atoms with Crippen LogP contribution in [-0.4, -0.2) is 37.1 Å². The zero-order valence-corrected chi connectivity index (χ0v) is 14.6. The SMILES string of the molecule is Cc1ccc(S(=O)(=O)N2C/C(=N/OC(C)C)[C@@H]2C(C)C)cc1. The van der Waals surface area contributed by atoms with Crippen molar-refractivity contribution >= 4 is 15.7 Å². The Hall–Kier alpha value is -1.40. The van der Waals surface area contributed by atoms with Gasteiger partial charge in [0, 0.05) is 0 Å². The third kappa shape index (κ3) is 3.33. The molecule has 0 aliphatic carbocycles. The number of nitrogens with zero attached hydrogens (tertiary/aromatic N) is 2. The molecule has 6 heteroatoms. The maximum atomic E-state index is 12.8. The number of sulfonamides is 1. The van der Waals surface area contributed by atoms with E-state index in [-0.39, 0.29) is 18.1 Å². The average molecular weight is 324 g/mol. The van der Waals surface area contributed by atoms with Crippen LogP contribution >= 0.6 is 0 Å². The second-order valence-electron chi connectivity index (χ2n) is 6.29. The molecule has 0 spiro atoms. The Morgan fingerprint density at radius 2 is 1.77 bits per heavy atom. The summed E-state index contributed by atoms with van der Waals surface area (Å²) in [6.07, 6.45) is -0.0110. The minimum Gasteiger partial charge on any atom is -0.393 e. The van der Waals surface area contributed by atoms with Crippen molar-refractivity contribution in [2.45, 2.75) is 51.7 Å². The van der Waals surface area contributed by atoms with E-state index in [1.54, 1.807) is 12.1 Å². The molecule has 122 valence electrons. The van der Waals surface area contributed by atoms with E-state index >= 15 is 0 Å². The van der Waals surface area contributed by atoms with E-state index < -0.39 is 10.0 Å². The van der Waals surface area contributed by atoms with E-state index in [0.29, 0.717) is 11.4 Å². The van der Waals surface area contributed by atoms with Crippen LogP contribution in [0.1, 0.15) is 33.3 Å². The van der Waals surface area contributed by atoms with Crippen LogP contribution < -0.4 is 0 Å². The average Bonchev–Trinajstić information content (AvgIpc) is 2.36. The highest BCUT2D eigenvalue weighted by Gasteiger charge is 2.45. The van der Waals surface area contributed by atoms with Gasteiger partial charge in [-0.25, -0.2) is 8.42 Å². The number of hydrogen-bond acceptors (Lipinski definition) is 4. The topological polar surface area (TPSA) is 59.0 Å². The van der Waals surface area contributed by atoms with Gasteiger partial charge in [-0.05, 0) is 38.8 Å². The molecule has 1 heterocycles. The summed E-state index contributed by atoms with van der Waals surface area (Å²) < 4.78 is 27.0. The standard InChI is InChI=1S/C16H24N2O3S/c1-11(2)16-15(17-21-12(3)4)10-18(16)22(19,20)14-8-6-13(5)7-9-14/h6-9,11-12,16H,10H2,1-5H3/b17-15-/t16-/m0/s1. The van der Waals surface area contributed by atoms with Crippen LogP contribution in [0.3, 0.4) is 0 Å². The summed E-state index contributed by atoms with van der Waals surface area (Å²) >= 11 is 0. The number of rotatable bonds is 5. The summed E-state index contributed by atoms with van der Waals surface area (Å²) in [6, 6.07) is 6.70. The first-order chi connectivity index (χ1) is 10.2. The number of oxime groups is 1. The molecule has 0 radical (unpaired) electrons. The molecule has 0 unspecified atom stereocenters. The molecule has 1 aromatic carbocycles. The summed E-state index contributed by atoms with van der Waals surface area (Å²) in [5.41, 5.74) is 1.83. The fourth-order valence-electron chi connectivity index (χ4n) is 2.46. The van der Waals surface area contributed by atoms with E-state index in [0.717, 1.165) is 11.3 Å². The van der Waals surface area contributed by atoms with Crippen LogP contribution in [0.5, 0.6) is 0 Å². The Morgan fingerprint density at radius 1 is 1.18 bits per heavy atom. The molecule has 1 aliphatic rings. The fraction of sp³-hybridized carbons (Fsp3) is 0.562. The minimum atomic E-state index is -3.49. The molecule has 1 atom stereocenters. The smallest absolute Gasteiger partial charge is 0.244 e. The molecule has 1 aliphatic heterocycles. The first kappa shape index (κ1) is 17.0. The van der Waals surface area contributed by atoms with Gasteiger partial charge in [0.15, 0.2) is 0 Å². The van der Waals surface area contributed by atoms with Crippen LogP contribution in [0.4, 0.5) is 0 Å². The van der Waals surface area contributed by atoms with Gasteiger partial charge >= 0.3 is 0 Å². The van der Waals surface area contributed by atoms with E-state index in [4.69, 9.17) is 4.84 Å². The molecule has 0 amide bonds. The van der Waals surface area contributed by atoms with Crippen molar-refractivity contribution in [1.82, 2.24) is 4.31 Å². The minimum absolute atomic E-state index is 0.0110. The van der Waals surface area contributed by atoms with Gasteiger partial charge in [0.25, 0.3) is 0 Å². The predicted molar refractivity (Wildman–Crippen MR) is 87.4 cm³/mol. The summed E-state index contributed by atoms with van der Waals surface area (Å²) in [4.78, 5) is 5.60. The van der Waals surface area contributed by atoms with Gasteiger partial charge < -0.3 is 4.84 Å². The number of aryl methyl sites for hydroxylation is 1. The van der Waals surface area contributed by atoms with E-state index in [1.807, 2.05) is 46.8 Å². The molecule has 5 nitrogen and oxygen atoms in total. The Balaban J connectivity index is 2.25. The van der Waals surface area contributed by atoms with Crippen molar-refractivity contribution in [1.29, 1.82) is 0 Å². The molecule has 0 N–H and O–H groups in total. The largest absolute Gasteiger partial charge is 0.393 e. The van der Waals surface area contributed by atoms with E-state index in [1.165, 1.54) is 4.31 Å². The zero-order valence-electron chi connectivity index (χ0n) is 13.8. The lowest BCUT2D eigenvalue weighted by atomic mass is 9.93. The molecule has 0 bridgehead atoms. The highest BCUT2D eigenvalue weighted by Crippen LogP contribution is 2.30. The highest BCUT2D eigenvalue weighted by atomic mass is 32.2. The van der Waals surface area contributed by atoms with Crippen molar-refractivity contribution in [3.05, 3.63) is 29.8 Å². The Morgan fingerprint density at radius 3 is 2.27 bits per heavy atom. The monoisotopic (exact) mass is 324 g/mol. The van der Waals surface area contributed by atoms with Gasteiger partial charge in [-0.2, -0.15) is 4.31 Å². The summed E-state index contributed by atoms with van der Waals surface area (Å²) in [5, 5.41) is 4.11. The molecule has 0 saturated carbocycles. The first-order valence-corrected chi connectivity index (χ1v) is 8.98. The van der Waals surface area contributed by atoms with Gasteiger partial charge in [-0.15, -0.1) is 0 Å². The lowest BCUT2D eigenvalue weighted by Crippen LogP contribution is -2.61. The second-order valence-corrected chi connectivity index (χ2v) is 8.18. The van der Waals surface area contributed by atoms with Crippen molar-refractivity contribution in [3.8, 4) is 0 Å². The third-order valence-electron chi connectivity index (χ3n) is 3.61. The van der Waals surface area contributed by atoms with E-state index in [9.17, 15) is 8.42 Å². The van der Waals surface area contributed by atoms with Crippen LogP contribution in [-0.2, 0) is 14.9 Å². The summed E-state index contributed by atoms with van der Waals surface area (Å²) in [7, 11) is -3.49. The molecule has 1 saturated heterocycles. The van der Waals surface area contributed by atoms with Gasteiger partial charge in [-0.1, -0.05) is 36.7 Å². The fourth-order valence-corrected chi connectivity index (χ4v) is 4.18. The number of benzene rings is 1. The lowest BCUT2D eigenvalue weighted by Gasteiger charge is -2.42. The van der Waals surface area contributed by atoms with E-state index in [2.05, 4.69) is 5.16 Å². The quantitative estimate of drug-likeness (QED) is 0.783. The molecule has 22 heavy (non-hydrogen) atoms. The Kier molecular flexibility index (Phi) is 4.92. The van der Waals surface area contributed by atoms with Gasteiger partial charge in [0.1, 0.15) is 6.10 Å². The first-order valence-electron chi connectivity index (χ1n) is 7.54. The molecular weight excluding hydrogens is 300 g/mol. The normalized spacial score (nSPS) is 21.4. The third-order valence-corrected chi connectivity index (χ3v) is 5.45. The summed E-state index contributed by atoms with van der Waals surface area (Å²) in [5.74, 6) is 0.142. The lowest BCUT2D eigenvalue weighted by molar-refractivity contribution is 0.0798. The Labute approximate surface area is 133 Å². The Bertz CT molecular complexity index is 648. The highest BCUT2D eigenvalue weighted by molar-refractivity contribution is 7.89. The van der Waals surface area contributed by atoms with Crippen molar-refractivity contribution < 1.29 is 13.3 Å². The molecular formula is C16H24N2O3S. The molecule has 1 fully saturated rings. The van der Waals surface area contributed by atoms with Gasteiger partial charge in [0.2, 0.25) is 10.0 Å². The van der Waals surface area contributed by atoms with Crippen LogP contribution in [0.15, 0.2) is 34.3 Å². The van der Waals surface area contributed by atoms with Crippen molar-refractivity contribution in [3.63, 3.8) is 0 Å². The van der Waals surface area contributed by atoms with Crippen LogP contribution in [0.25, 0.3) is 0 Å². The maximum Gasteiger partial charge on any atom is 0.244 e. The van der Waals surface area contributed by atoms with Crippen molar-refractivity contribution in [2.24, 2.45) is 11.1 Å². The summed E-state index contributed by atoms with van der Waals surface area (Å²) in [6.45, 7) is 10.0. The maximum absolute atomic E-state index is 12.8. The van der Waals surface area contributed by atoms with Crippen LogP contribution in [0, 0.1) is 12.8 Å². The molecule has 0 aromatic heterocycles. The van der Waals surface area contributed by atoms with Crippen LogP contribution in [0.2, 0.25) is 0 Å². The number of hydrogen-bond donors (Lipinski definition) is 0. The molecule has 2 rings (SSSR count). The zero-order chi connectivity index (χ0) is 16.5. The second kappa shape index (κ2) is 6.38. The van der Waals surface area contributed by atoms with Gasteiger partial charge in [-0.3, -0.25) is 0 Å².